The lowest BCUT2D eigenvalue weighted by Gasteiger charge is -2.36. The smallest absolute Gasteiger partial charge is 0.220 e. The van der Waals surface area contributed by atoms with E-state index in [1.165, 1.54) is 5.56 Å². The first-order valence-corrected chi connectivity index (χ1v) is 11.2. The Morgan fingerprint density at radius 1 is 1.12 bits per heavy atom. The SMILES string of the molecule is COc1ccc([C@@H](c2nnnn2CCc2ccccc2)N2CCC(C(N)=O)CC2)c(OC)c1. The van der Waals surface area contributed by atoms with Gasteiger partial charge in [-0.1, -0.05) is 30.3 Å². The van der Waals surface area contributed by atoms with Crippen molar-refractivity contribution < 1.29 is 14.3 Å². The number of benzene rings is 2. The Bertz CT molecular complexity index is 1060. The van der Waals surface area contributed by atoms with Crippen molar-refractivity contribution >= 4 is 5.91 Å². The molecule has 9 heteroatoms. The average Bonchev–Trinajstić information content (AvgIpc) is 3.32. The van der Waals surface area contributed by atoms with Crippen LogP contribution in [0.25, 0.3) is 0 Å². The number of nitrogens with two attached hydrogens (primary N) is 1. The van der Waals surface area contributed by atoms with Crippen LogP contribution in [0.4, 0.5) is 0 Å². The van der Waals surface area contributed by atoms with Gasteiger partial charge in [0.05, 0.1) is 14.2 Å². The van der Waals surface area contributed by atoms with Crippen LogP contribution in [-0.2, 0) is 17.8 Å². The Kier molecular flexibility index (Phi) is 7.19. The molecule has 1 aromatic heterocycles. The maximum Gasteiger partial charge on any atom is 0.220 e. The lowest BCUT2D eigenvalue weighted by Crippen LogP contribution is -2.41. The summed E-state index contributed by atoms with van der Waals surface area (Å²) in [7, 11) is 3.28. The Balaban J connectivity index is 1.67. The van der Waals surface area contributed by atoms with E-state index in [1.54, 1.807) is 14.2 Å². The molecule has 1 saturated heterocycles. The van der Waals surface area contributed by atoms with E-state index in [0.29, 0.717) is 44.0 Å². The molecule has 0 spiro atoms. The summed E-state index contributed by atoms with van der Waals surface area (Å²) >= 11 is 0. The minimum atomic E-state index is -0.235. The number of methoxy groups -OCH3 is 2. The molecular weight excluding hydrogens is 420 g/mol. The van der Waals surface area contributed by atoms with Crippen molar-refractivity contribution in [2.75, 3.05) is 27.3 Å². The second-order valence-corrected chi connectivity index (χ2v) is 8.22. The van der Waals surface area contributed by atoms with Gasteiger partial charge in [-0.2, -0.15) is 0 Å². The molecule has 174 valence electrons. The number of piperidine rings is 1. The number of carbonyl (C=O) groups is 1. The molecule has 1 aliphatic rings. The molecule has 0 aliphatic carbocycles. The zero-order valence-corrected chi connectivity index (χ0v) is 19.1. The number of tetrazole rings is 1. The molecular formula is C24H30N6O3. The van der Waals surface area contributed by atoms with E-state index in [1.807, 2.05) is 41.1 Å². The third kappa shape index (κ3) is 5.14. The van der Waals surface area contributed by atoms with Crippen molar-refractivity contribution in [1.82, 2.24) is 25.1 Å². The van der Waals surface area contributed by atoms with E-state index in [4.69, 9.17) is 15.2 Å². The fraction of sp³-hybridized carbons (Fsp3) is 0.417. The summed E-state index contributed by atoms with van der Waals surface area (Å²) in [6.45, 7) is 2.07. The normalized spacial score (nSPS) is 15.8. The molecule has 1 fully saturated rings. The maximum atomic E-state index is 11.7. The van der Waals surface area contributed by atoms with Crippen LogP contribution in [0.2, 0.25) is 0 Å². The van der Waals surface area contributed by atoms with Gasteiger partial charge < -0.3 is 15.2 Å². The summed E-state index contributed by atoms with van der Waals surface area (Å²) in [5.74, 6) is 1.82. The van der Waals surface area contributed by atoms with Gasteiger partial charge in [0.2, 0.25) is 5.91 Å². The number of rotatable bonds is 9. The van der Waals surface area contributed by atoms with Gasteiger partial charge in [-0.25, -0.2) is 4.68 Å². The van der Waals surface area contributed by atoms with Crippen LogP contribution in [0.3, 0.4) is 0 Å². The molecule has 3 aromatic rings. The minimum absolute atomic E-state index is 0.103. The highest BCUT2D eigenvalue weighted by Gasteiger charge is 2.34. The fourth-order valence-electron chi connectivity index (χ4n) is 4.43. The Morgan fingerprint density at radius 2 is 1.88 bits per heavy atom. The molecule has 0 unspecified atom stereocenters. The van der Waals surface area contributed by atoms with Gasteiger partial charge in [0, 0.05) is 24.1 Å². The van der Waals surface area contributed by atoms with Gasteiger partial charge in [-0.05, 0) is 60.5 Å². The number of hydrogen-bond acceptors (Lipinski definition) is 7. The second-order valence-electron chi connectivity index (χ2n) is 8.22. The summed E-state index contributed by atoms with van der Waals surface area (Å²) in [5.41, 5.74) is 7.74. The van der Waals surface area contributed by atoms with E-state index in [-0.39, 0.29) is 17.9 Å². The standard InChI is InChI=1S/C24H30N6O3/c1-32-19-8-9-20(21(16-19)33-2)22(29-13-11-18(12-14-29)23(25)31)24-26-27-28-30(24)15-10-17-6-4-3-5-7-17/h3-9,16,18,22H,10-15H2,1-2H3,(H2,25,31)/t22-/m0/s1. The van der Waals surface area contributed by atoms with Crippen LogP contribution in [-0.4, -0.2) is 58.3 Å². The highest BCUT2D eigenvalue weighted by Crippen LogP contribution is 2.37. The van der Waals surface area contributed by atoms with Crippen LogP contribution >= 0.6 is 0 Å². The van der Waals surface area contributed by atoms with E-state index >= 15 is 0 Å². The largest absolute Gasteiger partial charge is 0.497 e. The van der Waals surface area contributed by atoms with Gasteiger partial charge in [0.15, 0.2) is 5.82 Å². The average molecular weight is 451 g/mol. The van der Waals surface area contributed by atoms with Gasteiger partial charge in [-0.15, -0.1) is 5.10 Å². The number of likely N-dealkylation sites (tertiary alicyclic amines) is 1. The van der Waals surface area contributed by atoms with E-state index < -0.39 is 0 Å². The number of hydrogen-bond donors (Lipinski definition) is 1. The summed E-state index contributed by atoms with van der Waals surface area (Å²) < 4.78 is 13.0. The molecule has 1 atom stereocenters. The van der Waals surface area contributed by atoms with Crippen molar-refractivity contribution in [3.05, 3.63) is 65.5 Å². The van der Waals surface area contributed by atoms with Crippen LogP contribution in [0.5, 0.6) is 11.5 Å². The molecule has 1 amide bonds. The molecule has 0 bridgehead atoms. The van der Waals surface area contributed by atoms with E-state index in [0.717, 1.165) is 17.8 Å². The number of amides is 1. The fourth-order valence-corrected chi connectivity index (χ4v) is 4.43. The van der Waals surface area contributed by atoms with Crippen LogP contribution in [0, 0.1) is 5.92 Å². The highest BCUT2D eigenvalue weighted by atomic mass is 16.5. The molecule has 33 heavy (non-hydrogen) atoms. The number of carbonyl (C=O) groups excluding carboxylic acids is 1. The third-order valence-corrected chi connectivity index (χ3v) is 6.29. The summed E-state index contributed by atoms with van der Waals surface area (Å²) in [4.78, 5) is 14.0. The van der Waals surface area contributed by atoms with Crippen LogP contribution < -0.4 is 15.2 Å². The topological polar surface area (TPSA) is 108 Å². The Labute approximate surface area is 193 Å². The van der Waals surface area contributed by atoms with Gasteiger partial charge in [0.25, 0.3) is 0 Å². The molecule has 2 aromatic carbocycles. The number of aryl methyl sites for hydroxylation is 2. The summed E-state index contributed by atoms with van der Waals surface area (Å²) in [5, 5.41) is 12.7. The van der Waals surface area contributed by atoms with Crippen molar-refractivity contribution in [1.29, 1.82) is 0 Å². The van der Waals surface area contributed by atoms with Crippen LogP contribution in [0.15, 0.2) is 48.5 Å². The number of ether oxygens (including phenoxy) is 2. The predicted molar refractivity (Wildman–Crippen MR) is 123 cm³/mol. The maximum absolute atomic E-state index is 11.7. The zero-order valence-electron chi connectivity index (χ0n) is 19.1. The lowest BCUT2D eigenvalue weighted by molar-refractivity contribution is -0.123. The molecule has 2 heterocycles. The number of nitrogens with zero attached hydrogens (tertiary/aromatic N) is 5. The van der Waals surface area contributed by atoms with Gasteiger partial charge >= 0.3 is 0 Å². The third-order valence-electron chi connectivity index (χ3n) is 6.29. The molecule has 4 rings (SSSR count). The monoisotopic (exact) mass is 450 g/mol. The summed E-state index contributed by atoms with van der Waals surface area (Å²) in [6.07, 6.45) is 2.22. The first-order valence-electron chi connectivity index (χ1n) is 11.2. The van der Waals surface area contributed by atoms with Crippen LogP contribution in [0.1, 0.15) is 35.8 Å². The first kappa shape index (κ1) is 22.7. The molecule has 0 radical (unpaired) electrons. The van der Waals surface area contributed by atoms with E-state index in [9.17, 15) is 4.79 Å². The Morgan fingerprint density at radius 3 is 2.55 bits per heavy atom. The van der Waals surface area contributed by atoms with E-state index in [2.05, 4.69) is 32.6 Å². The quantitative estimate of drug-likeness (QED) is 0.532. The number of primary amides is 1. The first-order chi connectivity index (χ1) is 16.1. The minimum Gasteiger partial charge on any atom is -0.497 e. The van der Waals surface area contributed by atoms with Crippen molar-refractivity contribution in [3.63, 3.8) is 0 Å². The van der Waals surface area contributed by atoms with Gasteiger partial charge in [-0.3, -0.25) is 9.69 Å². The van der Waals surface area contributed by atoms with Crippen molar-refractivity contribution in [3.8, 4) is 11.5 Å². The van der Waals surface area contributed by atoms with Crippen molar-refractivity contribution in [2.45, 2.75) is 31.8 Å². The Hall–Kier alpha value is -3.46. The molecule has 9 nitrogen and oxygen atoms in total. The predicted octanol–water partition coefficient (Wildman–Crippen LogP) is 2.22. The lowest BCUT2D eigenvalue weighted by atomic mass is 9.93. The van der Waals surface area contributed by atoms with Gasteiger partial charge in [0.1, 0.15) is 17.5 Å². The molecule has 0 saturated carbocycles. The molecule has 1 aliphatic heterocycles. The van der Waals surface area contributed by atoms with Crippen molar-refractivity contribution in [2.24, 2.45) is 11.7 Å². The summed E-state index contributed by atoms with van der Waals surface area (Å²) in [6, 6.07) is 15.8. The second kappa shape index (κ2) is 10.4. The highest BCUT2D eigenvalue weighted by molar-refractivity contribution is 5.76. The zero-order chi connectivity index (χ0) is 23.2. The number of aromatic nitrogens is 4. The molecule has 2 N–H and O–H groups in total.